The van der Waals surface area contributed by atoms with Gasteiger partial charge in [-0.3, -0.25) is 0 Å². The number of rotatable bonds is 4. The van der Waals surface area contributed by atoms with Crippen molar-refractivity contribution in [3.63, 3.8) is 0 Å². The number of pyridine rings is 1. The zero-order valence-corrected chi connectivity index (χ0v) is 13.9. The summed E-state index contributed by atoms with van der Waals surface area (Å²) in [5, 5.41) is 0.553. The van der Waals surface area contributed by atoms with Gasteiger partial charge in [-0.15, -0.1) is 0 Å². The maximum Gasteiger partial charge on any atom is 0.128 e. The van der Waals surface area contributed by atoms with Gasteiger partial charge in [0, 0.05) is 18.4 Å². The van der Waals surface area contributed by atoms with Gasteiger partial charge < -0.3 is 16.2 Å². The van der Waals surface area contributed by atoms with Crippen LogP contribution in [0.1, 0.15) is 58.1 Å². The van der Waals surface area contributed by atoms with Crippen molar-refractivity contribution < 1.29 is 4.74 Å². The SMILES string of the molecule is CCOC1(C(N)c2cc(Cl)cnc2N)CCC(C)(C)CC1. The van der Waals surface area contributed by atoms with Crippen molar-refractivity contribution in [2.45, 2.75) is 58.1 Å². The topological polar surface area (TPSA) is 74.2 Å². The van der Waals surface area contributed by atoms with Crippen LogP contribution >= 0.6 is 11.6 Å². The predicted molar refractivity (Wildman–Crippen MR) is 87.2 cm³/mol. The van der Waals surface area contributed by atoms with E-state index in [1.165, 1.54) is 0 Å². The van der Waals surface area contributed by atoms with E-state index < -0.39 is 0 Å². The fourth-order valence-corrected chi connectivity index (χ4v) is 3.35. The molecule has 1 aromatic rings. The lowest BCUT2D eigenvalue weighted by Crippen LogP contribution is -2.48. The number of nitrogens with zero attached hydrogens (tertiary/aromatic N) is 1. The molecule has 1 saturated carbocycles. The zero-order chi connectivity index (χ0) is 15.7. The summed E-state index contributed by atoms with van der Waals surface area (Å²) in [4.78, 5) is 4.12. The molecule has 1 atom stereocenters. The number of hydrogen-bond acceptors (Lipinski definition) is 4. The van der Waals surface area contributed by atoms with Gasteiger partial charge in [-0.2, -0.15) is 0 Å². The highest BCUT2D eigenvalue weighted by atomic mass is 35.5. The fourth-order valence-electron chi connectivity index (χ4n) is 3.18. The predicted octanol–water partition coefficient (Wildman–Crippen LogP) is 3.69. The number of anilines is 1. The molecule has 2 rings (SSSR count). The number of halogens is 1. The number of nitrogens with two attached hydrogens (primary N) is 2. The second-order valence-corrected chi connectivity index (χ2v) is 7.20. The maximum absolute atomic E-state index is 6.55. The first kappa shape index (κ1) is 16.5. The Labute approximate surface area is 132 Å². The molecule has 0 spiro atoms. The van der Waals surface area contributed by atoms with Gasteiger partial charge in [-0.25, -0.2) is 4.98 Å². The van der Waals surface area contributed by atoms with Gasteiger partial charge in [-0.05, 0) is 44.1 Å². The van der Waals surface area contributed by atoms with E-state index in [0.717, 1.165) is 31.2 Å². The summed E-state index contributed by atoms with van der Waals surface area (Å²) in [6.07, 6.45) is 5.59. The Balaban J connectivity index is 2.31. The van der Waals surface area contributed by atoms with Gasteiger partial charge in [0.15, 0.2) is 0 Å². The lowest BCUT2D eigenvalue weighted by molar-refractivity contribution is -0.0999. The van der Waals surface area contributed by atoms with E-state index in [-0.39, 0.29) is 11.6 Å². The summed E-state index contributed by atoms with van der Waals surface area (Å²) in [5.41, 5.74) is 13.3. The molecule has 0 saturated heterocycles. The largest absolute Gasteiger partial charge is 0.383 e. The Morgan fingerprint density at radius 1 is 1.33 bits per heavy atom. The van der Waals surface area contributed by atoms with Crippen molar-refractivity contribution in [3.8, 4) is 0 Å². The summed E-state index contributed by atoms with van der Waals surface area (Å²) in [7, 11) is 0. The zero-order valence-electron chi connectivity index (χ0n) is 13.2. The van der Waals surface area contributed by atoms with E-state index in [1.807, 2.05) is 13.0 Å². The van der Waals surface area contributed by atoms with Gasteiger partial charge in [0.05, 0.1) is 16.7 Å². The minimum atomic E-state index is -0.370. The molecule has 4 nitrogen and oxygen atoms in total. The Morgan fingerprint density at radius 2 is 1.95 bits per heavy atom. The van der Waals surface area contributed by atoms with Gasteiger partial charge in [0.2, 0.25) is 0 Å². The first-order valence-corrected chi connectivity index (χ1v) is 7.98. The van der Waals surface area contributed by atoms with E-state index >= 15 is 0 Å². The van der Waals surface area contributed by atoms with Crippen LogP contribution in [0, 0.1) is 5.41 Å². The molecule has 21 heavy (non-hydrogen) atoms. The molecule has 118 valence electrons. The average molecular weight is 312 g/mol. The van der Waals surface area contributed by atoms with Crippen LogP contribution in [0.5, 0.6) is 0 Å². The summed E-state index contributed by atoms with van der Waals surface area (Å²) >= 11 is 6.05. The third-order valence-corrected chi connectivity index (χ3v) is 4.91. The molecular formula is C16H26ClN3O. The van der Waals surface area contributed by atoms with Crippen molar-refractivity contribution in [1.82, 2.24) is 4.98 Å². The Bertz CT molecular complexity index is 494. The Morgan fingerprint density at radius 3 is 2.52 bits per heavy atom. The molecular weight excluding hydrogens is 286 g/mol. The van der Waals surface area contributed by atoms with Crippen LogP contribution < -0.4 is 11.5 Å². The number of ether oxygens (including phenoxy) is 1. The molecule has 0 amide bonds. The minimum absolute atomic E-state index is 0.306. The average Bonchev–Trinajstić information content (AvgIpc) is 2.44. The number of aromatic nitrogens is 1. The van der Waals surface area contributed by atoms with Crippen LogP contribution in [0.3, 0.4) is 0 Å². The second kappa shape index (κ2) is 6.11. The molecule has 0 bridgehead atoms. The van der Waals surface area contributed by atoms with Gasteiger partial charge >= 0.3 is 0 Å². The molecule has 1 aliphatic rings. The summed E-state index contributed by atoms with van der Waals surface area (Å²) in [6, 6.07) is 1.51. The van der Waals surface area contributed by atoms with E-state index in [1.54, 1.807) is 6.20 Å². The highest BCUT2D eigenvalue weighted by Crippen LogP contribution is 2.47. The maximum atomic E-state index is 6.55. The number of hydrogen-bond donors (Lipinski definition) is 2. The molecule has 4 N–H and O–H groups in total. The molecule has 1 aromatic heterocycles. The molecule has 0 aromatic carbocycles. The van der Waals surface area contributed by atoms with E-state index in [0.29, 0.717) is 22.9 Å². The molecule has 0 radical (unpaired) electrons. The first-order chi connectivity index (χ1) is 9.80. The lowest BCUT2D eigenvalue weighted by atomic mass is 9.67. The summed E-state index contributed by atoms with van der Waals surface area (Å²) < 4.78 is 6.12. The van der Waals surface area contributed by atoms with Gasteiger partial charge in [-0.1, -0.05) is 25.4 Å². The quantitative estimate of drug-likeness (QED) is 0.889. The first-order valence-electron chi connectivity index (χ1n) is 7.60. The summed E-state index contributed by atoms with van der Waals surface area (Å²) in [5.74, 6) is 0.441. The van der Waals surface area contributed by atoms with Crippen molar-refractivity contribution in [1.29, 1.82) is 0 Å². The normalized spacial score (nSPS) is 22.0. The molecule has 1 heterocycles. The van der Waals surface area contributed by atoms with Crippen molar-refractivity contribution >= 4 is 17.4 Å². The molecule has 1 aliphatic carbocycles. The molecule has 1 unspecified atom stereocenters. The highest BCUT2D eigenvalue weighted by Gasteiger charge is 2.44. The lowest BCUT2D eigenvalue weighted by Gasteiger charge is -2.46. The third kappa shape index (κ3) is 3.50. The summed E-state index contributed by atoms with van der Waals surface area (Å²) in [6.45, 7) is 7.24. The van der Waals surface area contributed by atoms with E-state index in [2.05, 4.69) is 18.8 Å². The Hall–Kier alpha value is -0.840. The van der Waals surface area contributed by atoms with Crippen molar-refractivity contribution in [3.05, 3.63) is 22.8 Å². The van der Waals surface area contributed by atoms with E-state index in [4.69, 9.17) is 27.8 Å². The van der Waals surface area contributed by atoms with Gasteiger partial charge in [0.25, 0.3) is 0 Å². The van der Waals surface area contributed by atoms with Crippen LogP contribution in [0.2, 0.25) is 5.02 Å². The van der Waals surface area contributed by atoms with Crippen LogP contribution in [-0.4, -0.2) is 17.2 Å². The minimum Gasteiger partial charge on any atom is -0.383 e. The molecule has 5 heteroatoms. The number of nitrogen functional groups attached to an aromatic ring is 1. The van der Waals surface area contributed by atoms with Crippen LogP contribution in [0.4, 0.5) is 5.82 Å². The fraction of sp³-hybridized carbons (Fsp3) is 0.688. The highest BCUT2D eigenvalue weighted by molar-refractivity contribution is 6.30. The van der Waals surface area contributed by atoms with Crippen molar-refractivity contribution in [2.24, 2.45) is 11.1 Å². The monoisotopic (exact) mass is 311 g/mol. The standard InChI is InChI=1S/C16H26ClN3O/c1-4-21-16(7-5-15(2,3)6-8-16)13(18)12-9-11(17)10-20-14(12)19/h9-10,13H,4-8,18H2,1-3H3,(H2,19,20). The van der Waals surface area contributed by atoms with Crippen LogP contribution in [-0.2, 0) is 4.74 Å². The van der Waals surface area contributed by atoms with Crippen LogP contribution in [0.15, 0.2) is 12.3 Å². The smallest absolute Gasteiger partial charge is 0.128 e. The van der Waals surface area contributed by atoms with Gasteiger partial charge in [0.1, 0.15) is 5.82 Å². The Kier molecular flexibility index (Phi) is 4.81. The van der Waals surface area contributed by atoms with Crippen molar-refractivity contribution in [2.75, 3.05) is 12.3 Å². The molecule has 1 fully saturated rings. The second-order valence-electron chi connectivity index (χ2n) is 6.77. The molecule has 0 aliphatic heterocycles. The van der Waals surface area contributed by atoms with Crippen LogP contribution in [0.25, 0.3) is 0 Å². The van der Waals surface area contributed by atoms with E-state index in [9.17, 15) is 0 Å². The third-order valence-electron chi connectivity index (χ3n) is 4.70.